The van der Waals surface area contributed by atoms with Gasteiger partial charge >= 0.3 is 0 Å². The van der Waals surface area contributed by atoms with Crippen LogP contribution in [0.15, 0.2) is 23.1 Å². The largest absolute Gasteiger partial charge is 0.493 e. The van der Waals surface area contributed by atoms with Crippen LogP contribution in [0.3, 0.4) is 0 Å². The number of nitrogens with zero attached hydrogens (tertiary/aromatic N) is 1. The van der Waals surface area contributed by atoms with Crippen molar-refractivity contribution in [1.29, 1.82) is 0 Å². The first kappa shape index (κ1) is 22.2. The topological polar surface area (TPSA) is 84.9 Å². The average molecular weight is 433 g/mol. The fourth-order valence-corrected chi connectivity index (χ4v) is 4.61. The lowest BCUT2D eigenvalue weighted by molar-refractivity contribution is -0.124. The van der Waals surface area contributed by atoms with Gasteiger partial charge in [0.1, 0.15) is 0 Å². The number of carbonyl (C=O) groups is 3. The minimum Gasteiger partial charge on any atom is -0.493 e. The van der Waals surface area contributed by atoms with E-state index in [1.54, 1.807) is 25.3 Å². The normalized spacial score (nSPS) is 18.3. The van der Waals surface area contributed by atoms with E-state index in [9.17, 15) is 14.4 Å². The van der Waals surface area contributed by atoms with Crippen molar-refractivity contribution in [2.45, 2.75) is 39.0 Å². The van der Waals surface area contributed by atoms with Gasteiger partial charge in [0.2, 0.25) is 5.91 Å². The van der Waals surface area contributed by atoms with Gasteiger partial charge in [-0.05, 0) is 61.2 Å². The maximum atomic E-state index is 12.6. The first-order chi connectivity index (χ1) is 14.5. The van der Waals surface area contributed by atoms with Crippen molar-refractivity contribution in [2.75, 3.05) is 26.8 Å². The minimum absolute atomic E-state index is 0.00843. The molecule has 8 heteroatoms. The molecule has 3 rings (SSSR count). The minimum atomic E-state index is -0.345. The maximum Gasteiger partial charge on any atom is 0.293 e. The van der Waals surface area contributed by atoms with Gasteiger partial charge in [-0.25, -0.2) is 0 Å². The highest BCUT2D eigenvalue weighted by Crippen LogP contribution is 2.34. The van der Waals surface area contributed by atoms with E-state index in [0.717, 1.165) is 30.2 Å². The van der Waals surface area contributed by atoms with Crippen molar-refractivity contribution in [2.24, 2.45) is 5.92 Å². The van der Waals surface area contributed by atoms with Crippen molar-refractivity contribution >= 4 is 34.9 Å². The lowest BCUT2D eigenvalue weighted by Crippen LogP contribution is -2.37. The van der Waals surface area contributed by atoms with Gasteiger partial charge in [0.25, 0.3) is 11.1 Å². The van der Waals surface area contributed by atoms with Gasteiger partial charge in [-0.3, -0.25) is 19.3 Å². The predicted molar refractivity (Wildman–Crippen MR) is 116 cm³/mol. The summed E-state index contributed by atoms with van der Waals surface area (Å²) in [4.78, 5) is 38.5. The summed E-state index contributed by atoms with van der Waals surface area (Å²) in [5, 5.41) is 2.51. The van der Waals surface area contributed by atoms with E-state index >= 15 is 0 Å². The lowest BCUT2D eigenvalue weighted by Gasteiger charge is -2.14. The Morgan fingerprint density at radius 1 is 1.27 bits per heavy atom. The molecule has 1 saturated heterocycles. The molecule has 1 aliphatic carbocycles. The van der Waals surface area contributed by atoms with Crippen LogP contribution in [0, 0.1) is 5.92 Å². The molecular formula is C22H28N2O5S. The Kier molecular flexibility index (Phi) is 7.79. The van der Waals surface area contributed by atoms with Crippen LogP contribution < -0.4 is 14.8 Å². The maximum absolute atomic E-state index is 12.6. The van der Waals surface area contributed by atoms with Crippen molar-refractivity contribution < 1.29 is 23.9 Å². The molecule has 30 heavy (non-hydrogen) atoms. The molecule has 1 aromatic carbocycles. The molecule has 1 saturated carbocycles. The number of ether oxygens (including phenoxy) is 2. The number of nitrogens with one attached hydrogen (secondary N) is 1. The monoisotopic (exact) mass is 432 g/mol. The van der Waals surface area contributed by atoms with Gasteiger partial charge in [-0.1, -0.05) is 18.9 Å². The van der Waals surface area contributed by atoms with Gasteiger partial charge in [-0.2, -0.15) is 0 Å². The standard InChI is InChI=1S/C22H28N2O5S/c1-3-29-17-9-8-16(12-18(17)28-2)13-19-21(26)24(22(27)30-19)11-10-23-20(25)14-15-6-4-5-7-15/h8-9,12-13,15H,3-7,10-11,14H2,1-2H3,(H,23,25)/b19-13-. The lowest BCUT2D eigenvalue weighted by atomic mass is 10.0. The third kappa shape index (κ3) is 5.56. The summed E-state index contributed by atoms with van der Waals surface area (Å²) < 4.78 is 10.8. The van der Waals surface area contributed by atoms with E-state index < -0.39 is 0 Å². The predicted octanol–water partition coefficient (Wildman–Crippen LogP) is 3.83. The molecular weight excluding hydrogens is 404 g/mol. The van der Waals surface area contributed by atoms with E-state index in [0.29, 0.717) is 35.3 Å². The summed E-state index contributed by atoms with van der Waals surface area (Å²) in [6.45, 7) is 2.85. The van der Waals surface area contributed by atoms with E-state index in [1.165, 1.54) is 17.7 Å². The highest BCUT2D eigenvalue weighted by molar-refractivity contribution is 8.18. The van der Waals surface area contributed by atoms with Gasteiger partial charge in [-0.15, -0.1) is 0 Å². The number of amides is 3. The number of carbonyl (C=O) groups excluding carboxylic acids is 3. The molecule has 1 heterocycles. The molecule has 0 unspecified atom stereocenters. The van der Waals surface area contributed by atoms with Crippen molar-refractivity contribution in [3.63, 3.8) is 0 Å². The zero-order chi connectivity index (χ0) is 21.5. The van der Waals surface area contributed by atoms with Gasteiger partial charge in [0.15, 0.2) is 11.5 Å². The fourth-order valence-electron chi connectivity index (χ4n) is 3.75. The van der Waals surface area contributed by atoms with E-state index in [-0.39, 0.29) is 30.1 Å². The van der Waals surface area contributed by atoms with Crippen LogP contribution in [0.2, 0.25) is 0 Å². The van der Waals surface area contributed by atoms with Crippen LogP contribution in [-0.2, 0) is 9.59 Å². The van der Waals surface area contributed by atoms with Crippen LogP contribution in [0.4, 0.5) is 4.79 Å². The molecule has 0 radical (unpaired) electrons. The van der Waals surface area contributed by atoms with Gasteiger partial charge < -0.3 is 14.8 Å². The van der Waals surface area contributed by atoms with Crippen LogP contribution in [0.1, 0.15) is 44.6 Å². The summed E-state index contributed by atoms with van der Waals surface area (Å²) in [5.74, 6) is 1.30. The highest BCUT2D eigenvalue weighted by Gasteiger charge is 2.34. The number of rotatable bonds is 9. The van der Waals surface area contributed by atoms with Crippen LogP contribution in [-0.4, -0.2) is 48.8 Å². The van der Waals surface area contributed by atoms with Gasteiger partial charge in [0.05, 0.1) is 18.6 Å². The second-order valence-electron chi connectivity index (χ2n) is 7.38. The smallest absolute Gasteiger partial charge is 0.293 e. The molecule has 2 aliphatic rings. The molecule has 162 valence electrons. The molecule has 2 fully saturated rings. The number of imide groups is 1. The first-order valence-electron chi connectivity index (χ1n) is 10.3. The summed E-state index contributed by atoms with van der Waals surface area (Å²) in [6, 6.07) is 5.35. The number of hydrogen-bond acceptors (Lipinski definition) is 6. The van der Waals surface area contributed by atoms with E-state index in [1.807, 2.05) is 13.0 Å². The second-order valence-corrected chi connectivity index (χ2v) is 8.37. The zero-order valence-electron chi connectivity index (χ0n) is 17.4. The molecule has 1 N–H and O–H groups in total. The van der Waals surface area contributed by atoms with E-state index in [4.69, 9.17) is 9.47 Å². The summed E-state index contributed by atoms with van der Waals surface area (Å²) in [5.41, 5.74) is 0.741. The average Bonchev–Trinajstić information content (AvgIpc) is 3.32. The van der Waals surface area contributed by atoms with Crippen LogP contribution in [0.5, 0.6) is 11.5 Å². The van der Waals surface area contributed by atoms with E-state index in [2.05, 4.69) is 5.32 Å². The van der Waals surface area contributed by atoms with Crippen molar-refractivity contribution in [3.8, 4) is 11.5 Å². The van der Waals surface area contributed by atoms with Crippen molar-refractivity contribution in [1.82, 2.24) is 10.2 Å². The number of benzene rings is 1. The Morgan fingerprint density at radius 3 is 2.73 bits per heavy atom. The Hall–Kier alpha value is -2.48. The molecule has 7 nitrogen and oxygen atoms in total. The first-order valence-corrected chi connectivity index (χ1v) is 11.2. The number of thioether (sulfide) groups is 1. The fraction of sp³-hybridized carbons (Fsp3) is 0.500. The van der Waals surface area contributed by atoms with Crippen LogP contribution >= 0.6 is 11.8 Å². The third-order valence-corrected chi connectivity index (χ3v) is 6.17. The molecule has 0 atom stereocenters. The molecule has 0 aromatic heterocycles. The SMILES string of the molecule is CCOc1ccc(/C=C2\SC(=O)N(CCNC(=O)CC3CCCC3)C2=O)cc1OC. The Balaban J connectivity index is 1.56. The summed E-state index contributed by atoms with van der Waals surface area (Å²) >= 11 is 0.903. The summed E-state index contributed by atoms with van der Waals surface area (Å²) in [6.07, 6.45) is 6.81. The molecule has 0 spiro atoms. The zero-order valence-corrected chi connectivity index (χ0v) is 18.3. The number of hydrogen-bond donors (Lipinski definition) is 1. The Bertz CT molecular complexity index is 833. The third-order valence-electron chi connectivity index (χ3n) is 5.27. The quantitative estimate of drug-likeness (QED) is 0.597. The van der Waals surface area contributed by atoms with Crippen molar-refractivity contribution in [3.05, 3.63) is 28.7 Å². The molecule has 3 amide bonds. The molecule has 1 aromatic rings. The molecule has 0 bridgehead atoms. The number of methoxy groups -OCH3 is 1. The highest BCUT2D eigenvalue weighted by atomic mass is 32.2. The van der Waals surface area contributed by atoms with Gasteiger partial charge in [0, 0.05) is 19.5 Å². The molecule has 1 aliphatic heterocycles. The Labute approximate surface area is 181 Å². The Morgan fingerprint density at radius 2 is 2.03 bits per heavy atom. The summed E-state index contributed by atoms with van der Waals surface area (Å²) in [7, 11) is 1.55. The van der Waals surface area contributed by atoms with Crippen LogP contribution in [0.25, 0.3) is 6.08 Å². The second kappa shape index (κ2) is 10.5.